The van der Waals surface area contributed by atoms with E-state index < -0.39 is 0 Å². The average molecular weight is 593 g/mol. The Morgan fingerprint density at radius 1 is 0.533 bits per heavy atom. The van der Waals surface area contributed by atoms with Crippen LogP contribution >= 0.6 is 11.8 Å². The lowest BCUT2D eigenvalue weighted by atomic mass is 10.0. The Kier molecular flexibility index (Phi) is 5.18. The van der Waals surface area contributed by atoms with Gasteiger partial charge in [-0.25, -0.2) is 9.97 Å². The van der Waals surface area contributed by atoms with Crippen molar-refractivity contribution in [2.45, 2.75) is 9.79 Å². The molecule has 10 rings (SSSR count). The Morgan fingerprint density at radius 2 is 1.33 bits per heavy atom. The number of benzene rings is 6. The fraction of sp³-hybridized carbons (Fsp3) is 0. The first-order chi connectivity index (χ1) is 22.3. The van der Waals surface area contributed by atoms with E-state index in [4.69, 9.17) is 9.97 Å². The molecule has 1 aliphatic rings. The minimum absolute atomic E-state index is 0.744. The van der Waals surface area contributed by atoms with E-state index >= 15 is 0 Å². The van der Waals surface area contributed by atoms with Gasteiger partial charge in [-0.05, 0) is 72.8 Å². The zero-order chi connectivity index (χ0) is 29.5. The molecule has 9 aromatic rings. The fourth-order valence-corrected chi connectivity index (χ4v) is 8.06. The Balaban J connectivity index is 1.14. The first-order valence-electron chi connectivity index (χ1n) is 15.1. The Morgan fingerprint density at radius 3 is 2.24 bits per heavy atom. The molecule has 0 aliphatic carbocycles. The summed E-state index contributed by atoms with van der Waals surface area (Å²) in [7, 11) is 0. The summed E-state index contributed by atoms with van der Waals surface area (Å²) in [6.45, 7) is 0. The third-order valence-electron chi connectivity index (χ3n) is 8.95. The molecule has 3 aromatic heterocycles. The first-order valence-corrected chi connectivity index (χ1v) is 15.9. The maximum Gasteiger partial charge on any atom is 0.160 e. The molecule has 1 aliphatic heterocycles. The molecule has 4 nitrogen and oxygen atoms in total. The number of nitrogens with zero attached hydrogens (tertiary/aromatic N) is 4. The van der Waals surface area contributed by atoms with Crippen LogP contribution in [0.2, 0.25) is 0 Å². The quantitative estimate of drug-likeness (QED) is 0.205. The SMILES string of the molecule is c1ccc(-n2c3ccccc3c3c4c(ccc32)ccn4-c2ccc(-c3nc4c5c(cccc5n3)Sc3ccccc3-4)cc2)cc1. The van der Waals surface area contributed by atoms with Crippen molar-refractivity contribution in [1.82, 2.24) is 19.1 Å². The topological polar surface area (TPSA) is 35.6 Å². The van der Waals surface area contributed by atoms with Gasteiger partial charge in [0, 0.05) is 60.0 Å². The van der Waals surface area contributed by atoms with Gasteiger partial charge in [-0.2, -0.15) is 0 Å². The summed E-state index contributed by atoms with van der Waals surface area (Å²) in [4.78, 5) is 12.6. The van der Waals surface area contributed by atoms with E-state index in [-0.39, 0.29) is 0 Å². The van der Waals surface area contributed by atoms with Gasteiger partial charge in [0.25, 0.3) is 0 Å². The summed E-state index contributed by atoms with van der Waals surface area (Å²) < 4.78 is 4.68. The van der Waals surface area contributed by atoms with Crippen molar-refractivity contribution in [3.05, 3.63) is 146 Å². The van der Waals surface area contributed by atoms with Gasteiger partial charge in [-0.15, -0.1) is 0 Å². The number of para-hydroxylation sites is 2. The average Bonchev–Trinajstić information content (AvgIpc) is 3.68. The van der Waals surface area contributed by atoms with Gasteiger partial charge in [0.1, 0.15) is 0 Å². The summed E-state index contributed by atoms with van der Waals surface area (Å²) >= 11 is 1.80. The number of rotatable bonds is 3. The highest BCUT2D eigenvalue weighted by atomic mass is 32.2. The highest BCUT2D eigenvalue weighted by Gasteiger charge is 2.22. The second-order valence-electron chi connectivity index (χ2n) is 11.5. The second kappa shape index (κ2) is 9.42. The van der Waals surface area contributed by atoms with Gasteiger partial charge in [-0.1, -0.05) is 78.5 Å². The van der Waals surface area contributed by atoms with Gasteiger partial charge in [0.05, 0.1) is 27.8 Å². The number of aromatic nitrogens is 4. The van der Waals surface area contributed by atoms with Gasteiger partial charge >= 0.3 is 0 Å². The Bertz CT molecular complexity index is 2610. The molecule has 0 saturated carbocycles. The Labute approximate surface area is 263 Å². The van der Waals surface area contributed by atoms with Crippen molar-refractivity contribution in [3.63, 3.8) is 0 Å². The molecule has 0 atom stereocenters. The number of hydrogen-bond donors (Lipinski definition) is 0. The third kappa shape index (κ3) is 3.62. The predicted octanol–water partition coefficient (Wildman–Crippen LogP) is 10.5. The highest BCUT2D eigenvalue weighted by molar-refractivity contribution is 7.99. The zero-order valence-corrected chi connectivity index (χ0v) is 24.9. The Hall–Kier alpha value is -5.65. The van der Waals surface area contributed by atoms with Crippen LogP contribution in [0.1, 0.15) is 0 Å². The molecule has 4 heterocycles. The molecule has 0 spiro atoms. The minimum atomic E-state index is 0.744. The largest absolute Gasteiger partial charge is 0.316 e. The minimum Gasteiger partial charge on any atom is -0.316 e. The smallest absolute Gasteiger partial charge is 0.160 e. The van der Waals surface area contributed by atoms with Crippen molar-refractivity contribution in [1.29, 1.82) is 0 Å². The molecule has 0 fully saturated rings. The molecular weight excluding hydrogens is 569 g/mol. The maximum atomic E-state index is 5.16. The van der Waals surface area contributed by atoms with Crippen LogP contribution in [0.25, 0.3) is 77.6 Å². The van der Waals surface area contributed by atoms with E-state index in [1.807, 2.05) is 0 Å². The number of fused-ring (bicyclic) bond motifs is 7. The number of hydrogen-bond acceptors (Lipinski definition) is 3. The molecule has 45 heavy (non-hydrogen) atoms. The molecule has 0 unspecified atom stereocenters. The normalized spacial score (nSPS) is 12.4. The first kappa shape index (κ1) is 24.8. The predicted molar refractivity (Wildman–Crippen MR) is 186 cm³/mol. The van der Waals surface area contributed by atoms with Crippen molar-refractivity contribution in [2.75, 3.05) is 0 Å². The van der Waals surface area contributed by atoms with Gasteiger partial charge in [0.15, 0.2) is 5.82 Å². The van der Waals surface area contributed by atoms with Crippen LogP contribution in [0.15, 0.2) is 156 Å². The lowest BCUT2D eigenvalue weighted by Crippen LogP contribution is -2.00. The summed E-state index contributed by atoms with van der Waals surface area (Å²) in [5.41, 5.74) is 10.0. The molecule has 0 saturated heterocycles. The highest BCUT2D eigenvalue weighted by Crippen LogP contribution is 2.47. The van der Waals surface area contributed by atoms with Crippen molar-refractivity contribution >= 4 is 55.4 Å². The molecule has 6 aromatic carbocycles. The lowest BCUT2D eigenvalue weighted by molar-refractivity contribution is 1.13. The van der Waals surface area contributed by atoms with E-state index in [9.17, 15) is 0 Å². The molecule has 0 amide bonds. The summed E-state index contributed by atoms with van der Waals surface area (Å²) in [5, 5.41) is 4.85. The molecule has 0 bridgehead atoms. The van der Waals surface area contributed by atoms with Crippen LogP contribution in [0.4, 0.5) is 0 Å². The third-order valence-corrected chi connectivity index (χ3v) is 10.1. The summed E-state index contributed by atoms with van der Waals surface area (Å²) in [6.07, 6.45) is 2.18. The fourth-order valence-electron chi connectivity index (χ4n) is 6.95. The molecule has 0 N–H and O–H groups in total. The summed E-state index contributed by atoms with van der Waals surface area (Å²) in [5.74, 6) is 0.744. The molecular formula is C40H24N4S. The second-order valence-corrected chi connectivity index (χ2v) is 12.5. The van der Waals surface area contributed by atoms with E-state index in [0.717, 1.165) is 39.4 Å². The van der Waals surface area contributed by atoms with Gasteiger partial charge in [0.2, 0.25) is 0 Å². The van der Waals surface area contributed by atoms with Crippen LogP contribution in [-0.2, 0) is 0 Å². The van der Waals surface area contributed by atoms with E-state index in [1.165, 1.54) is 48.1 Å². The van der Waals surface area contributed by atoms with Crippen LogP contribution < -0.4 is 0 Å². The van der Waals surface area contributed by atoms with Gasteiger partial charge < -0.3 is 9.13 Å². The van der Waals surface area contributed by atoms with E-state index in [2.05, 4.69) is 155 Å². The molecule has 210 valence electrons. The lowest BCUT2D eigenvalue weighted by Gasteiger charge is -2.19. The molecule has 5 heteroatoms. The van der Waals surface area contributed by atoms with Crippen LogP contribution in [0.3, 0.4) is 0 Å². The van der Waals surface area contributed by atoms with Crippen LogP contribution in [0, 0.1) is 0 Å². The maximum absolute atomic E-state index is 5.16. The van der Waals surface area contributed by atoms with Gasteiger partial charge in [-0.3, -0.25) is 0 Å². The standard InChI is InChI=1S/C40H24N4S/c1-2-9-28(10-3-1)44-32-14-6-4-11-29(32)36-33(44)22-19-25-23-24-43(39(25)36)27-20-17-26(18-21-27)40-41-31-13-8-16-35-37(31)38(42-40)30-12-5-7-15-34(30)45-35/h1-24H. The van der Waals surface area contributed by atoms with Crippen molar-refractivity contribution in [2.24, 2.45) is 0 Å². The van der Waals surface area contributed by atoms with Crippen molar-refractivity contribution in [3.8, 4) is 34.0 Å². The molecule has 0 radical (unpaired) electrons. The van der Waals surface area contributed by atoms with E-state index in [1.54, 1.807) is 11.8 Å². The van der Waals surface area contributed by atoms with E-state index in [0.29, 0.717) is 0 Å². The van der Waals surface area contributed by atoms with Crippen LogP contribution in [-0.4, -0.2) is 19.1 Å². The van der Waals surface area contributed by atoms with Crippen LogP contribution in [0.5, 0.6) is 0 Å². The monoisotopic (exact) mass is 592 g/mol. The van der Waals surface area contributed by atoms with Crippen molar-refractivity contribution < 1.29 is 0 Å². The zero-order valence-electron chi connectivity index (χ0n) is 24.1. The summed E-state index contributed by atoms with van der Waals surface area (Å²) in [6, 6.07) is 49.6.